The summed E-state index contributed by atoms with van der Waals surface area (Å²) in [5.74, 6) is 0.581. The van der Waals surface area contributed by atoms with E-state index in [4.69, 9.17) is 0 Å². The van der Waals surface area contributed by atoms with Gasteiger partial charge in [0.25, 0.3) is 5.56 Å². The van der Waals surface area contributed by atoms with Gasteiger partial charge in [0, 0.05) is 32.2 Å². The first-order valence-electron chi connectivity index (χ1n) is 10.4. The molecule has 4 rings (SSSR count). The highest BCUT2D eigenvalue weighted by Crippen LogP contribution is 2.34. The number of anilines is 2. The van der Waals surface area contributed by atoms with E-state index in [1.54, 1.807) is 6.07 Å². The van der Waals surface area contributed by atoms with Gasteiger partial charge in [0.2, 0.25) is 0 Å². The van der Waals surface area contributed by atoms with Crippen LogP contribution in [-0.4, -0.2) is 46.9 Å². The number of amides is 2. The first-order valence-corrected chi connectivity index (χ1v) is 10.4. The molecule has 0 radical (unpaired) electrons. The highest BCUT2D eigenvalue weighted by atomic mass is 19.4. The standard InChI is InChI=1S/C23H22F3N5O2/c1-16-6-8-17(9-7-16)31-21(32)11-10-20(28-31)29-12-14-30(15-13-29)22(33)27-19-5-3-2-4-18(19)23(24,25)26/h2-11H,12-15H2,1H3,(H,27,33). The highest BCUT2D eigenvalue weighted by Gasteiger charge is 2.34. The molecule has 3 aromatic rings. The molecule has 1 fully saturated rings. The van der Waals surface area contributed by atoms with Crippen LogP contribution in [0.4, 0.5) is 29.5 Å². The number of aromatic nitrogens is 2. The molecule has 0 bridgehead atoms. The summed E-state index contributed by atoms with van der Waals surface area (Å²) >= 11 is 0. The minimum atomic E-state index is -4.56. The average Bonchev–Trinajstić information content (AvgIpc) is 2.80. The molecule has 1 aliphatic rings. The second-order valence-electron chi connectivity index (χ2n) is 7.72. The van der Waals surface area contributed by atoms with Crippen molar-refractivity contribution >= 4 is 17.5 Å². The van der Waals surface area contributed by atoms with E-state index in [1.165, 1.54) is 33.8 Å². The van der Waals surface area contributed by atoms with Crippen molar-refractivity contribution in [3.05, 3.63) is 82.1 Å². The number of rotatable bonds is 3. The zero-order valence-electron chi connectivity index (χ0n) is 17.8. The van der Waals surface area contributed by atoms with E-state index in [0.29, 0.717) is 37.7 Å². The molecule has 172 valence electrons. The lowest BCUT2D eigenvalue weighted by atomic mass is 10.1. The summed E-state index contributed by atoms with van der Waals surface area (Å²) < 4.78 is 40.9. The van der Waals surface area contributed by atoms with Gasteiger partial charge >= 0.3 is 12.2 Å². The number of aryl methyl sites for hydroxylation is 1. The molecule has 2 heterocycles. The highest BCUT2D eigenvalue weighted by molar-refractivity contribution is 5.90. The first-order chi connectivity index (χ1) is 15.7. The number of carbonyl (C=O) groups excluding carboxylic acids is 1. The van der Waals surface area contributed by atoms with Gasteiger partial charge in [-0.05, 0) is 37.3 Å². The molecular formula is C23H22F3N5O2. The van der Waals surface area contributed by atoms with Crippen molar-refractivity contribution in [2.45, 2.75) is 13.1 Å². The normalized spacial score (nSPS) is 14.3. The van der Waals surface area contributed by atoms with Crippen molar-refractivity contribution in [3.63, 3.8) is 0 Å². The molecule has 2 amide bonds. The fourth-order valence-corrected chi connectivity index (χ4v) is 3.61. The monoisotopic (exact) mass is 457 g/mol. The number of para-hydroxylation sites is 1. The van der Waals surface area contributed by atoms with Crippen LogP contribution >= 0.6 is 0 Å². The average molecular weight is 457 g/mol. The molecule has 0 saturated carbocycles. The lowest BCUT2D eigenvalue weighted by Gasteiger charge is -2.35. The third-order valence-corrected chi connectivity index (χ3v) is 5.43. The Morgan fingerprint density at radius 1 is 0.939 bits per heavy atom. The Kier molecular flexibility index (Phi) is 6.08. The summed E-state index contributed by atoms with van der Waals surface area (Å²) in [6.45, 7) is 3.39. The van der Waals surface area contributed by atoms with Crippen LogP contribution in [-0.2, 0) is 6.18 Å². The smallest absolute Gasteiger partial charge is 0.352 e. The molecule has 0 unspecified atom stereocenters. The van der Waals surface area contributed by atoms with Crippen molar-refractivity contribution in [1.82, 2.24) is 14.7 Å². The maximum Gasteiger partial charge on any atom is 0.418 e. The number of nitrogens with one attached hydrogen (secondary N) is 1. The van der Waals surface area contributed by atoms with Crippen molar-refractivity contribution in [3.8, 4) is 5.69 Å². The van der Waals surface area contributed by atoms with Gasteiger partial charge in [0.15, 0.2) is 0 Å². The fourth-order valence-electron chi connectivity index (χ4n) is 3.61. The third-order valence-electron chi connectivity index (χ3n) is 5.43. The second kappa shape index (κ2) is 8.97. The van der Waals surface area contributed by atoms with Crippen molar-refractivity contribution < 1.29 is 18.0 Å². The van der Waals surface area contributed by atoms with Crippen molar-refractivity contribution in [2.75, 3.05) is 36.4 Å². The Bertz CT molecular complexity index is 1200. The van der Waals surface area contributed by atoms with Crippen LogP contribution in [0.2, 0.25) is 0 Å². The van der Waals surface area contributed by atoms with Gasteiger partial charge in [-0.2, -0.15) is 17.9 Å². The van der Waals surface area contributed by atoms with Crippen LogP contribution < -0.4 is 15.8 Å². The van der Waals surface area contributed by atoms with E-state index in [-0.39, 0.29) is 11.2 Å². The number of benzene rings is 2. The minimum Gasteiger partial charge on any atom is -0.352 e. The second-order valence-corrected chi connectivity index (χ2v) is 7.72. The van der Waals surface area contributed by atoms with Crippen LogP contribution in [0.3, 0.4) is 0 Å². The minimum absolute atomic E-state index is 0.260. The molecule has 2 aromatic carbocycles. The van der Waals surface area contributed by atoms with Gasteiger partial charge in [-0.25, -0.2) is 4.79 Å². The molecule has 0 spiro atoms. The van der Waals surface area contributed by atoms with Gasteiger partial charge in [-0.1, -0.05) is 29.8 Å². The van der Waals surface area contributed by atoms with Gasteiger partial charge < -0.3 is 15.1 Å². The number of piperazine rings is 1. The lowest BCUT2D eigenvalue weighted by molar-refractivity contribution is -0.136. The zero-order chi connectivity index (χ0) is 23.6. The SMILES string of the molecule is Cc1ccc(-n2nc(N3CCN(C(=O)Nc4ccccc4C(F)(F)F)CC3)ccc2=O)cc1. The molecule has 1 N–H and O–H groups in total. The van der Waals surface area contributed by atoms with Crippen LogP contribution in [0, 0.1) is 6.92 Å². The van der Waals surface area contributed by atoms with E-state index in [0.717, 1.165) is 11.6 Å². The van der Waals surface area contributed by atoms with E-state index < -0.39 is 17.8 Å². The maximum absolute atomic E-state index is 13.2. The molecule has 33 heavy (non-hydrogen) atoms. The predicted octanol–water partition coefficient (Wildman–Crippen LogP) is 3.91. The van der Waals surface area contributed by atoms with E-state index in [9.17, 15) is 22.8 Å². The molecule has 1 aromatic heterocycles. The van der Waals surface area contributed by atoms with Gasteiger partial charge in [0.05, 0.1) is 16.9 Å². The summed E-state index contributed by atoms with van der Waals surface area (Å²) in [5, 5.41) is 6.83. The molecule has 0 aliphatic carbocycles. The molecule has 7 nitrogen and oxygen atoms in total. The maximum atomic E-state index is 13.2. The summed E-state index contributed by atoms with van der Waals surface area (Å²) in [6, 6.07) is 14.8. The summed E-state index contributed by atoms with van der Waals surface area (Å²) in [6.07, 6.45) is -4.56. The van der Waals surface area contributed by atoms with Gasteiger partial charge in [-0.15, -0.1) is 5.10 Å². The first kappa shape index (κ1) is 22.4. The Balaban J connectivity index is 1.43. The molecule has 10 heteroatoms. The number of halogens is 3. The summed E-state index contributed by atoms with van der Waals surface area (Å²) in [4.78, 5) is 28.2. The Hall–Kier alpha value is -3.82. The summed E-state index contributed by atoms with van der Waals surface area (Å²) in [5.41, 5.74) is 0.289. The third kappa shape index (κ3) is 5.00. The van der Waals surface area contributed by atoms with Crippen molar-refractivity contribution in [2.24, 2.45) is 0 Å². The van der Waals surface area contributed by atoms with E-state index in [2.05, 4.69) is 10.4 Å². The Labute approximate surface area is 188 Å². The number of carbonyl (C=O) groups is 1. The molecule has 1 saturated heterocycles. The zero-order valence-corrected chi connectivity index (χ0v) is 17.8. The quantitative estimate of drug-likeness (QED) is 0.648. The van der Waals surface area contributed by atoms with Gasteiger partial charge in [-0.3, -0.25) is 4.79 Å². The number of hydrogen-bond acceptors (Lipinski definition) is 4. The summed E-state index contributed by atoms with van der Waals surface area (Å²) in [7, 11) is 0. The van der Waals surface area contributed by atoms with Crippen LogP contribution in [0.5, 0.6) is 0 Å². The number of nitrogens with zero attached hydrogens (tertiary/aromatic N) is 4. The van der Waals surface area contributed by atoms with Crippen LogP contribution in [0.1, 0.15) is 11.1 Å². The van der Waals surface area contributed by atoms with Crippen LogP contribution in [0.15, 0.2) is 65.5 Å². The van der Waals surface area contributed by atoms with Gasteiger partial charge in [0.1, 0.15) is 5.82 Å². The number of urea groups is 1. The Morgan fingerprint density at radius 3 is 2.27 bits per heavy atom. The Morgan fingerprint density at radius 2 is 1.61 bits per heavy atom. The molecular weight excluding hydrogens is 435 g/mol. The number of alkyl halides is 3. The molecule has 1 aliphatic heterocycles. The van der Waals surface area contributed by atoms with Crippen molar-refractivity contribution in [1.29, 1.82) is 0 Å². The predicted molar refractivity (Wildman–Crippen MR) is 119 cm³/mol. The number of hydrogen-bond donors (Lipinski definition) is 1. The fraction of sp³-hybridized carbons (Fsp3) is 0.261. The van der Waals surface area contributed by atoms with E-state index in [1.807, 2.05) is 36.1 Å². The van der Waals surface area contributed by atoms with Crippen LogP contribution in [0.25, 0.3) is 5.69 Å². The lowest BCUT2D eigenvalue weighted by Crippen LogP contribution is -2.50. The van der Waals surface area contributed by atoms with E-state index >= 15 is 0 Å². The largest absolute Gasteiger partial charge is 0.418 e. The molecule has 0 atom stereocenters. The topological polar surface area (TPSA) is 70.5 Å².